The fourth-order valence-electron chi connectivity index (χ4n) is 3.53. The summed E-state index contributed by atoms with van der Waals surface area (Å²) in [6.07, 6.45) is 5.78. The Morgan fingerprint density at radius 2 is 2.00 bits per heavy atom. The fraction of sp³-hybridized carbons (Fsp3) is 0.533. The smallest absolute Gasteiger partial charge is 0.209 e. The number of piperidine rings is 1. The molecule has 1 saturated heterocycles. The molecule has 3 rings (SSSR count). The minimum absolute atomic E-state index is 0.378. The van der Waals surface area contributed by atoms with Gasteiger partial charge >= 0.3 is 0 Å². The highest BCUT2D eigenvalue weighted by atomic mass is 16.1. The summed E-state index contributed by atoms with van der Waals surface area (Å²) in [4.78, 5) is 12.7. The molecule has 0 radical (unpaired) electrons. The molecule has 1 spiro atoms. The Morgan fingerprint density at radius 3 is 2.71 bits per heavy atom. The third-order valence-corrected chi connectivity index (χ3v) is 4.61. The first-order chi connectivity index (χ1) is 8.23. The molecule has 2 heteroatoms. The SMILES string of the molecule is Cc1ccc2c(c1)CCC21CCN(C=O)CC1. The van der Waals surface area contributed by atoms with E-state index in [1.165, 1.54) is 18.4 Å². The average Bonchev–Trinajstić information content (AvgIpc) is 2.69. The van der Waals surface area contributed by atoms with E-state index < -0.39 is 0 Å². The van der Waals surface area contributed by atoms with E-state index in [-0.39, 0.29) is 0 Å². The van der Waals surface area contributed by atoms with Gasteiger partial charge in [0.25, 0.3) is 0 Å². The topological polar surface area (TPSA) is 20.3 Å². The molecule has 0 unspecified atom stereocenters. The standard InChI is InChI=1S/C15H19NO/c1-12-2-3-14-13(10-12)4-5-15(14)6-8-16(11-17)9-7-15/h2-3,10-11H,4-9H2,1H3. The first kappa shape index (κ1) is 10.8. The number of likely N-dealkylation sites (tertiary alicyclic amines) is 1. The molecule has 1 aromatic rings. The van der Waals surface area contributed by atoms with Crippen LogP contribution in [0.4, 0.5) is 0 Å². The summed E-state index contributed by atoms with van der Waals surface area (Å²) in [5, 5.41) is 0. The maximum absolute atomic E-state index is 10.8. The van der Waals surface area contributed by atoms with Crippen molar-refractivity contribution >= 4 is 6.41 Å². The molecule has 1 heterocycles. The van der Waals surface area contributed by atoms with Gasteiger partial charge in [0, 0.05) is 13.1 Å². The molecule has 1 amide bonds. The molecule has 0 atom stereocenters. The molecule has 17 heavy (non-hydrogen) atoms. The lowest BCUT2D eigenvalue weighted by molar-refractivity contribution is -0.119. The maximum Gasteiger partial charge on any atom is 0.209 e. The van der Waals surface area contributed by atoms with Crippen molar-refractivity contribution in [1.82, 2.24) is 4.90 Å². The molecule has 2 nitrogen and oxygen atoms in total. The van der Waals surface area contributed by atoms with Gasteiger partial charge in [-0.15, -0.1) is 0 Å². The molecule has 1 aliphatic carbocycles. The number of rotatable bonds is 1. The quantitative estimate of drug-likeness (QED) is 0.677. The molecule has 0 N–H and O–H groups in total. The van der Waals surface area contributed by atoms with Crippen LogP contribution in [0.3, 0.4) is 0 Å². The molecule has 2 aliphatic rings. The first-order valence-electron chi connectivity index (χ1n) is 6.53. The number of fused-ring (bicyclic) bond motifs is 2. The van der Waals surface area contributed by atoms with Crippen LogP contribution in [0.5, 0.6) is 0 Å². The summed E-state index contributed by atoms with van der Waals surface area (Å²) in [7, 11) is 0. The Balaban J connectivity index is 1.90. The number of carbonyl (C=O) groups is 1. The van der Waals surface area contributed by atoms with Crippen LogP contribution >= 0.6 is 0 Å². The Kier molecular flexibility index (Phi) is 2.46. The van der Waals surface area contributed by atoms with Gasteiger partial charge in [-0.05, 0) is 49.1 Å². The number of hydrogen-bond acceptors (Lipinski definition) is 1. The van der Waals surface area contributed by atoms with E-state index in [0.29, 0.717) is 5.41 Å². The number of hydrogen-bond donors (Lipinski definition) is 0. The summed E-state index contributed by atoms with van der Waals surface area (Å²) >= 11 is 0. The summed E-state index contributed by atoms with van der Waals surface area (Å²) in [5.41, 5.74) is 4.85. The lowest BCUT2D eigenvalue weighted by Gasteiger charge is -2.38. The van der Waals surface area contributed by atoms with Gasteiger partial charge in [0.05, 0.1) is 0 Å². The average molecular weight is 229 g/mol. The largest absolute Gasteiger partial charge is 0.345 e. The van der Waals surface area contributed by atoms with E-state index in [2.05, 4.69) is 25.1 Å². The second-order valence-corrected chi connectivity index (χ2v) is 5.58. The van der Waals surface area contributed by atoms with E-state index >= 15 is 0 Å². The van der Waals surface area contributed by atoms with Crippen molar-refractivity contribution in [2.24, 2.45) is 0 Å². The first-order valence-corrected chi connectivity index (χ1v) is 6.53. The van der Waals surface area contributed by atoms with Crippen LogP contribution in [-0.2, 0) is 16.6 Å². The number of benzene rings is 1. The van der Waals surface area contributed by atoms with Crippen LogP contribution in [0.25, 0.3) is 0 Å². The zero-order valence-corrected chi connectivity index (χ0v) is 10.4. The van der Waals surface area contributed by atoms with Crippen LogP contribution in [0.15, 0.2) is 18.2 Å². The van der Waals surface area contributed by atoms with E-state index in [0.717, 1.165) is 32.3 Å². The zero-order chi connectivity index (χ0) is 11.9. The molecule has 1 aromatic carbocycles. The molecule has 0 bridgehead atoms. The Morgan fingerprint density at radius 1 is 1.24 bits per heavy atom. The highest BCUT2D eigenvalue weighted by Gasteiger charge is 2.40. The number of amides is 1. The Labute approximate surface area is 103 Å². The Hall–Kier alpha value is -1.31. The van der Waals surface area contributed by atoms with Gasteiger partial charge in [0.2, 0.25) is 6.41 Å². The predicted octanol–water partition coefficient (Wildman–Crippen LogP) is 2.43. The fourth-order valence-corrected chi connectivity index (χ4v) is 3.53. The van der Waals surface area contributed by atoms with Gasteiger partial charge in [-0.3, -0.25) is 4.79 Å². The van der Waals surface area contributed by atoms with Crippen molar-refractivity contribution in [3.8, 4) is 0 Å². The van der Waals surface area contributed by atoms with E-state index in [4.69, 9.17) is 0 Å². The molecular formula is C15H19NO. The molecule has 0 saturated carbocycles. The third kappa shape index (κ3) is 1.67. The molecule has 90 valence electrons. The van der Waals surface area contributed by atoms with E-state index in [1.807, 2.05) is 4.90 Å². The van der Waals surface area contributed by atoms with Crippen LogP contribution < -0.4 is 0 Å². The number of aryl methyl sites for hydroxylation is 2. The van der Waals surface area contributed by atoms with Crippen molar-refractivity contribution in [3.05, 3.63) is 34.9 Å². The van der Waals surface area contributed by atoms with Gasteiger partial charge in [-0.25, -0.2) is 0 Å². The summed E-state index contributed by atoms with van der Waals surface area (Å²) in [6.45, 7) is 4.02. The normalized spacial score (nSPS) is 21.6. The van der Waals surface area contributed by atoms with Gasteiger partial charge in [0.1, 0.15) is 0 Å². The van der Waals surface area contributed by atoms with Crippen LogP contribution in [0, 0.1) is 6.92 Å². The van der Waals surface area contributed by atoms with Crippen molar-refractivity contribution in [1.29, 1.82) is 0 Å². The van der Waals surface area contributed by atoms with Gasteiger partial charge in [-0.2, -0.15) is 0 Å². The zero-order valence-electron chi connectivity index (χ0n) is 10.4. The maximum atomic E-state index is 10.8. The van der Waals surface area contributed by atoms with E-state index in [9.17, 15) is 4.79 Å². The third-order valence-electron chi connectivity index (χ3n) is 4.61. The van der Waals surface area contributed by atoms with Crippen LogP contribution in [-0.4, -0.2) is 24.4 Å². The van der Waals surface area contributed by atoms with Crippen molar-refractivity contribution in [3.63, 3.8) is 0 Å². The lowest BCUT2D eigenvalue weighted by Crippen LogP contribution is -2.40. The molecule has 0 aromatic heterocycles. The summed E-state index contributed by atoms with van der Waals surface area (Å²) in [6, 6.07) is 6.91. The molecule has 1 fully saturated rings. The highest BCUT2D eigenvalue weighted by molar-refractivity contribution is 5.48. The molecule has 1 aliphatic heterocycles. The van der Waals surface area contributed by atoms with Crippen molar-refractivity contribution in [2.75, 3.05) is 13.1 Å². The number of carbonyl (C=O) groups excluding carboxylic acids is 1. The summed E-state index contributed by atoms with van der Waals surface area (Å²) in [5.74, 6) is 0. The van der Waals surface area contributed by atoms with Crippen LogP contribution in [0.1, 0.15) is 36.0 Å². The van der Waals surface area contributed by atoms with Crippen molar-refractivity contribution in [2.45, 2.75) is 38.0 Å². The van der Waals surface area contributed by atoms with Gasteiger partial charge < -0.3 is 4.90 Å². The summed E-state index contributed by atoms with van der Waals surface area (Å²) < 4.78 is 0. The second kappa shape index (κ2) is 3.86. The van der Waals surface area contributed by atoms with Gasteiger partial charge in [-0.1, -0.05) is 23.8 Å². The van der Waals surface area contributed by atoms with Gasteiger partial charge in [0.15, 0.2) is 0 Å². The molecular weight excluding hydrogens is 210 g/mol. The van der Waals surface area contributed by atoms with Crippen LogP contribution in [0.2, 0.25) is 0 Å². The minimum Gasteiger partial charge on any atom is -0.345 e. The minimum atomic E-state index is 0.378. The Bertz CT molecular complexity index is 444. The van der Waals surface area contributed by atoms with Crippen molar-refractivity contribution < 1.29 is 4.79 Å². The van der Waals surface area contributed by atoms with E-state index in [1.54, 1.807) is 11.1 Å². The lowest BCUT2D eigenvalue weighted by atomic mass is 9.74. The number of nitrogens with zero attached hydrogens (tertiary/aromatic N) is 1. The second-order valence-electron chi connectivity index (χ2n) is 5.58. The monoisotopic (exact) mass is 229 g/mol. The highest BCUT2D eigenvalue weighted by Crippen LogP contribution is 2.46. The predicted molar refractivity (Wildman–Crippen MR) is 68.0 cm³/mol.